The number of aliphatic hydroxyl groups excluding tert-OH is 1. The van der Waals surface area contributed by atoms with Crippen molar-refractivity contribution in [3.05, 3.63) is 59.9 Å². The van der Waals surface area contributed by atoms with E-state index < -0.39 is 21.9 Å². The van der Waals surface area contributed by atoms with Gasteiger partial charge in [0.05, 0.1) is 4.90 Å². The summed E-state index contributed by atoms with van der Waals surface area (Å²) in [6.07, 6.45) is -0.0378. The van der Waals surface area contributed by atoms with Crippen LogP contribution < -0.4 is 4.74 Å². The summed E-state index contributed by atoms with van der Waals surface area (Å²) >= 11 is 0. The molecule has 0 aliphatic carbocycles. The van der Waals surface area contributed by atoms with E-state index in [4.69, 9.17) is 4.74 Å². The number of para-hydroxylation sites is 1. The largest absolute Gasteiger partial charge is 0.491 e. The van der Waals surface area contributed by atoms with Gasteiger partial charge in [-0.2, -0.15) is 4.31 Å². The van der Waals surface area contributed by atoms with E-state index in [-0.39, 0.29) is 16.9 Å². The van der Waals surface area contributed by atoms with Crippen LogP contribution in [0.2, 0.25) is 0 Å². The van der Waals surface area contributed by atoms with Crippen LogP contribution in [0.25, 0.3) is 0 Å². The zero-order chi connectivity index (χ0) is 23.4. The van der Waals surface area contributed by atoms with Crippen molar-refractivity contribution >= 4 is 10.0 Å². The zero-order valence-electron chi connectivity index (χ0n) is 19.0. The fourth-order valence-corrected chi connectivity index (χ4v) is 5.34. The Kier molecular flexibility index (Phi) is 7.92. The first-order valence-electron chi connectivity index (χ1n) is 11.0. The summed E-state index contributed by atoms with van der Waals surface area (Å²) in [6, 6.07) is 12.8. The molecule has 3 rings (SSSR count). The summed E-state index contributed by atoms with van der Waals surface area (Å²) in [5.74, 6) is 0.304. The van der Waals surface area contributed by atoms with Crippen LogP contribution in [0.15, 0.2) is 53.4 Å². The van der Waals surface area contributed by atoms with E-state index in [0.717, 1.165) is 23.4 Å². The van der Waals surface area contributed by atoms with E-state index in [1.165, 1.54) is 16.4 Å². The highest BCUT2D eigenvalue weighted by molar-refractivity contribution is 7.89. The maximum Gasteiger partial charge on any atom is 0.243 e. The van der Waals surface area contributed by atoms with Crippen LogP contribution in [0, 0.1) is 5.82 Å². The SMILES string of the molecule is CC(C)(C)c1ccccc1OC[C@H](O)CN1CCCN(S(=O)(=O)c2ccc(F)cc2)CC1. The molecule has 1 fully saturated rings. The molecule has 1 aliphatic rings. The lowest BCUT2D eigenvalue weighted by Crippen LogP contribution is -2.39. The summed E-state index contributed by atoms with van der Waals surface area (Å²) in [5.41, 5.74) is 1.02. The number of hydrogen-bond acceptors (Lipinski definition) is 5. The Morgan fingerprint density at radius 2 is 1.72 bits per heavy atom. The van der Waals surface area contributed by atoms with Crippen molar-refractivity contribution in [1.29, 1.82) is 0 Å². The van der Waals surface area contributed by atoms with Crippen LogP contribution >= 0.6 is 0 Å². The monoisotopic (exact) mass is 464 g/mol. The Morgan fingerprint density at radius 1 is 1.03 bits per heavy atom. The van der Waals surface area contributed by atoms with E-state index in [2.05, 4.69) is 25.7 Å². The van der Waals surface area contributed by atoms with Crippen LogP contribution in [0.4, 0.5) is 4.39 Å². The van der Waals surface area contributed by atoms with E-state index in [1.807, 2.05) is 24.3 Å². The van der Waals surface area contributed by atoms with Gasteiger partial charge >= 0.3 is 0 Å². The Morgan fingerprint density at radius 3 is 2.41 bits per heavy atom. The Bertz CT molecular complexity index is 990. The molecule has 2 aromatic rings. The number of sulfonamides is 1. The molecule has 2 aromatic carbocycles. The highest BCUT2D eigenvalue weighted by atomic mass is 32.2. The average Bonchev–Trinajstić information content (AvgIpc) is 2.98. The fraction of sp³-hybridized carbons (Fsp3) is 0.500. The number of aliphatic hydroxyl groups is 1. The summed E-state index contributed by atoms with van der Waals surface area (Å²) in [4.78, 5) is 2.16. The third kappa shape index (κ3) is 6.28. The minimum absolute atomic E-state index is 0.0637. The van der Waals surface area contributed by atoms with Crippen molar-refractivity contribution in [2.24, 2.45) is 0 Å². The number of benzene rings is 2. The number of rotatable bonds is 7. The van der Waals surface area contributed by atoms with Gasteiger partial charge in [0, 0.05) is 26.2 Å². The maximum absolute atomic E-state index is 13.2. The molecule has 0 radical (unpaired) electrons. The molecule has 32 heavy (non-hydrogen) atoms. The van der Waals surface area contributed by atoms with Crippen LogP contribution in [-0.2, 0) is 15.4 Å². The van der Waals surface area contributed by atoms with Crippen molar-refractivity contribution in [2.75, 3.05) is 39.3 Å². The molecule has 6 nitrogen and oxygen atoms in total. The quantitative estimate of drug-likeness (QED) is 0.681. The predicted octanol–water partition coefficient (Wildman–Crippen LogP) is 3.26. The van der Waals surface area contributed by atoms with E-state index in [1.54, 1.807) is 0 Å². The lowest BCUT2D eigenvalue weighted by molar-refractivity contribution is 0.0693. The molecule has 1 saturated heterocycles. The van der Waals surface area contributed by atoms with Crippen molar-refractivity contribution in [3.8, 4) is 5.75 Å². The van der Waals surface area contributed by atoms with Crippen LogP contribution in [0.3, 0.4) is 0 Å². The zero-order valence-corrected chi connectivity index (χ0v) is 19.8. The molecule has 0 bridgehead atoms. The Labute approximate surface area is 190 Å². The summed E-state index contributed by atoms with van der Waals surface area (Å²) < 4.78 is 46.3. The first kappa shape index (κ1) is 24.6. The molecule has 8 heteroatoms. The van der Waals surface area contributed by atoms with Gasteiger partial charge in [-0.05, 0) is 54.3 Å². The van der Waals surface area contributed by atoms with Crippen molar-refractivity contribution < 1.29 is 22.7 Å². The van der Waals surface area contributed by atoms with E-state index in [0.29, 0.717) is 39.1 Å². The standard InChI is InChI=1S/C24H33FN2O4S/c1-24(2,3)22-7-4-5-8-23(22)31-18-20(28)17-26-13-6-14-27(16-15-26)32(29,30)21-11-9-19(25)10-12-21/h4-5,7-12,20,28H,6,13-18H2,1-3H3/t20-/m1/s1. The minimum atomic E-state index is -3.67. The van der Waals surface area contributed by atoms with Gasteiger partial charge in [-0.1, -0.05) is 39.0 Å². The van der Waals surface area contributed by atoms with Gasteiger partial charge in [0.2, 0.25) is 10.0 Å². The van der Waals surface area contributed by atoms with Crippen molar-refractivity contribution in [1.82, 2.24) is 9.21 Å². The first-order valence-corrected chi connectivity index (χ1v) is 12.4. The average molecular weight is 465 g/mol. The van der Waals surface area contributed by atoms with Crippen LogP contribution in [-0.4, -0.2) is 68.2 Å². The van der Waals surface area contributed by atoms with Crippen LogP contribution in [0.5, 0.6) is 5.75 Å². The summed E-state index contributed by atoms with van der Waals surface area (Å²) in [5, 5.41) is 10.5. The van der Waals surface area contributed by atoms with E-state index >= 15 is 0 Å². The van der Waals surface area contributed by atoms with Gasteiger partial charge in [-0.3, -0.25) is 4.90 Å². The molecule has 0 unspecified atom stereocenters. The topological polar surface area (TPSA) is 70.1 Å². The second-order valence-electron chi connectivity index (χ2n) is 9.22. The number of ether oxygens (including phenoxy) is 1. The molecule has 1 aliphatic heterocycles. The minimum Gasteiger partial charge on any atom is -0.491 e. The lowest BCUT2D eigenvalue weighted by atomic mass is 9.86. The number of β-amino-alcohol motifs (C(OH)–C–C–N with tert-alkyl or cyclic N) is 1. The molecule has 176 valence electrons. The number of halogens is 1. The van der Waals surface area contributed by atoms with Crippen LogP contribution in [0.1, 0.15) is 32.8 Å². The van der Waals surface area contributed by atoms with Gasteiger partial charge in [-0.15, -0.1) is 0 Å². The maximum atomic E-state index is 13.2. The van der Waals surface area contributed by atoms with Crippen molar-refractivity contribution in [3.63, 3.8) is 0 Å². The molecule has 0 saturated carbocycles. The fourth-order valence-electron chi connectivity index (χ4n) is 3.87. The lowest BCUT2D eigenvalue weighted by Gasteiger charge is -2.26. The Balaban J connectivity index is 1.55. The highest BCUT2D eigenvalue weighted by Gasteiger charge is 2.27. The molecule has 0 spiro atoms. The summed E-state index contributed by atoms with van der Waals surface area (Å²) in [6.45, 7) is 8.84. The van der Waals surface area contributed by atoms with Gasteiger partial charge in [0.1, 0.15) is 24.3 Å². The number of hydrogen-bond donors (Lipinski definition) is 1. The van der Waals surface area contributed by atoms with Crippen molar-refractivity contribution in [2.45, 2.75) is 43.6 Å². The van der Waals surface area contributed by atoms with Gasteiger partial charge in [0.25, 0.3) is 0 Å². The molecule has 1 atom stereocenters. The van der Waals surface area contributed by atoms with E-state index in [9.17, 15) is 17.9 Å². The van der Waals surface area contributed by atoms with Gasteiger partial charge in [-0.25, -0.2) is 12.8 Å². The Hall–Kier alpha value is -2.00. The molecule has 0 aromatic heterocycles. The number of nitrogens with zero attached hydrogens (tertiary/aromatic N) is 2. The summed E-state index contributed by atoms with van der Waals surface area (Å²) in [7, 11) is -3.67. The highest BCUT2D eigenvalue weighted by Crippen LogP contribution is 2.31. The van der Waals surface area contributed by atoms with Gasteiger partial charge in [0.15, 0.2) is 0 Å². The second kappa shape index (κ2) is 10.3. The third-order valence-corrected chi connectivity index (χ3v) is 7.51. The molecule has 1 N–H and O–H groups in total. The molecular formula is C24H33FN2O4S. The smallest absolute Gasteiger partial charge is 0.243 e. The normalized spacial score (nSPS) is 17.7. The molecular weight excluding hydrogens is 431 g/mol. The predicted molar refractivity (Wildman–Crippen MR) is 123 cm³/mol. The third-order valence-electron chi connectivity index (χ3n) is 5.59. The first-order chi connectivity index (χ1) is 15.1. The van der Waals surface area contributed by atoms with Gasteiger partial charge < -0.3 is 9.84 Å². The molecule has 1 heterocycles. The molecule has 0 amide bonds. The second-order valence-corrected chi connectivity index (χ2v) is 11.2.